The number of hydrogen-bond donors (Lipinski definition) is 3. The number of fused-ring (bicyclic) bond motifs is 1. The van der Waals surface area contributed by atoms with Crippen LogP contribution < -0.4 is 11.1 Å². The Morgan fingerprint density at radius 3 is 2.73 bits per heavy atom. The number of carbonyl (C=O) groups excluding carboxylic acids is 2. The fourth-order valence-electron chi connectivity index (χ4n) is 3.70. The molecule has 0 saturated heterocycles. The second-order valence-corrected chi connectivity index (χ2v) is 7.41. The highest BCUT2D eigenvalue weighted by atomic mass is 16.3. The molecule has 7 heteroatoms. The smallest absolute Gasteiger partial charge is 0.285 e. The number of rotatable bonds is 4. The number of aliphatic hydroxyl groups is 1. The minimum atomic E-state index is -1.71. The molecule has 7 nitrogen and oxygen atoms in total. The molecule has 1 saturated carbocycles. The van der Waals surface area contributed by atoms with Crippen molar-refractivity contribution in [1.29, 1.82) is 0 Å². The van der Waals surface area contributed by atoms with Crippen molar-refractivity contribution < 1.29 is 14.7 Å². The molecule has 3 aromatic rings. The Labute approximate surface area is 173 Å². The lowest BCUT2D eigenvalue weighted by Crippen LogP contribution is -2.52. The molecular formula is C23H22N4O3. The monoisotopic (exact) mass is 402 g/mol. The fourth-order valence-corrected chi connectivity index (χ4v) is 3.70. The van der Waals surface area contributed by atoms with Crippen molar-refractivity contribution in [3.05, 3.63) is 60.0 Å². The molecule has 4 N–H and O–H groups in total. The Hall–Kier alpha value is -3.63. The highest BCUT2D eigenvalue weighted by Crippen LogP contribution is 2.36. The van der Waals surface area contributed by atoms with Gasteiger partial charge in [0, 0.05) is 30.3 Å². The first-order chi connectivity index (χ1) is 14.4. The van der Waals surface area contributed by atoms with Gasteiger partial charge in [-0.25, -0.2) is 4.98 Å². The summed E-state index contributed by atoms with van der Waals surface area (Å²) in [5, 5.41) is 13.4. The molecule has 2 aromatic heterocycles. The molecule has 2 amide bonds. The normalized spacial score (nSPS) is 15.5. The number of nitrogens with one attached hydrogen (secondary N) is 1. The number of imidazole rings is 1. The van der Waals surface area contributed by atoms with Gasteiger partial charge in [-0.05, 0) is 37.1 Å². The van der Waals surface area contributed by atoms with E-state index < -0.39 is 17.4 Å². The zero-order chi connectivity index (χ0) is 21.3. The van der Waals surface area contributed by atoms with E-state index in [1.165, 1.54) is 7.05 Å². The van der Waals surface area contributed by atoms with Gasteiger partial charge >= 0.3 is 0 Å². The lowest BCUT2D eigenvalue weighted by Gasteiger charge is -2.36. The third-order valence-electron chi connectivity index (χ3n) is 5.57. The first-order valence-corrected chi connectivity index (χ1v) is 9.79. The maximum absolute atomic E-state index is 12.3. The van der Waals surface area contributed by atoms with Crippen molar-refractivity contribution in [2.24, 2.45) is 11.7 Å². The number of amides is 2. The Morgan fingerprint density at radius 2 is 2.07 bits per heavy atom. The molecule has 4 rings (SSSR count). The van der Waals surface area contributed by atoms with E-state index in [-0.39, 0.29) is 11.7 Å². The van der Waals surface area contributed by atoms with Crippen molar-refractivity contribution >= 4 is 17.3 Å². The number of hydrogen-bond acceptors (Lipinski definition) is 4. The Balaban J connectivity index is 1.75. The zero-order valence-electron chi connectivity index (χ0n) is 16.6. The fraction of sp³-hybridized carbons (Fsp3) is 0.261. The molecule has 1 unspecified atom stereocenters. The van der Waals surface area contributed by atoms with Crippen LogP contribution in [0, 0.1) is 17.8 Å². The summed E-state index contributed by atoms with van der Waals surface area (Å²) < 4.78 is 1.65. The van der Waals surface area contributed by atoms with Crippen LogP contribution in [-0.2, 0) is 4.79 Å². The van der Waals surface area contributed by atoms with Crippen molar-refractivity contribution in [3.63, 3.8) is 0 Å². The first-order valence-electron chi connectivity index (χ1n) is 9.79. The van der Waals surface area contributed by atoms with Crippen LogP contribution in [0.2, 0.25) is 0 Å². The summed E-state index contributed by atoms with van der Waals surface area (Å²) in [6.45, 7) is 0. The van der Waals surface area contributed by atoms with Gasteiger partial charge in [0.2, 0.25) is 11.4 Å². The van der Waals surface area contributed by atoms with E-state index in [2.05, 4.69) is 22.1 Å². The predicted molar refractivity (Wildman–Crippen MR) is 112 cm³/mol. The minimum absolute atomic E-state index is 0.149. The number of likely N-dealkylation sites (N-methyl/N-ethyl adjacent to an activating group) is 1. The molecule has 0 spiro atoms. The highest BCUT2D eigenvalue weighted by molar-refractivity contribution is 5.93. The quantitative estimate of drug-likeness (QED) is 0.577. The lowest BCUT2D eigenvalue weighted by molar-refractivity contribution is -0.141. The minimum Gasteiger partial charge on any atom is -0.369 e. The average molecular weight is 402 g/mol. The van der Waals surface area contributed by atoms with Gasteiger partial charge in [0.05, 0.1) is 11.2 Å². The van der Waals surface area contributed by atoms with Gasteiger partial charge in [0.15, 0.2) is 0 Å². The van der Waals surface area contributed by atoms with Crippen LogP contribution in [0.25, 0.3) is 16.8 Å². The molecule has 0 bridgehead atoms. The summed E-state index contributed by atoms with van der Waals surface area (Å²) in [5.41, 5.74) is 6.50. The maximum Gasteiger partial charge on any atom is 0.285 e. The van der Waals surface area contributed by atoms with Crippen LogP contribution in [-0.4, -0.2) is 39.0 Å². The topological polar surface area (TPSA) is 110 Å². The van der Waals surface area contributed by atoms with Gasteiger partial charge in [-0.1, -0.05) is 36.5 Å². The molecule has 0 aliphatic heterocycles. The SMILES string of the molecule is CNC(=O)C(O)(C#Cc1cccc(-c2nc(C(N)=O)n3ccccc23)c1)C1CCC1. The Bertz CT molecular complexity index is 1200. The van der Waals surface area contributed by atoms with Gasteiger partial charge in [-0.3, -0.25) is 14.0 Å². The van der Waals surface area contributed by atoms with Gasteiger partial charge in [0.1, 0.15) is 0 Å². The standard InChI is InChI=1S/C23H22N4O3/c1-25-22(29)23(30,17-8-5-9-17)12-11-15-6-4-7-16(14-15)19-18-10-2-3-13-27(18)21(26-19)20(24)28/h2-4,6-7,10,13-14,17,30H,5,8-9H2,1H3,(H2,24,28)(H,25,29). The molecule has 1 aliphatic carbocycles. The molecule has 1 aromatic carbocycles. The summed E-state index contributed by atoms with van der Waals surface area (Å²) in [5.74, 6) is 4.63. The second-order valence-electron chi connectivity index (χ2n) is 7.41. The number of primary amides is 1. The first kappa shape index (κ1) is 19.7. The molecule has 30 heavy (non-hydrogen) atoms. The van der Waals surface area contributed by atoms with Crippen molar-refractivity contribution in [3.8, 4) is 23.1 Å². The number of aromatic nitrogens is 2. The summed E-state index contributed by atoms with van der Waals surface area (Å²) in [6, 6.07) is 12.8. The summed E-state index contributed by atoms with van der Waals surface area (Å²) in [7, 11) is 1.49. The summed E-state index contributed by atoms with van der Waals surface area (Å²) in [4.78, 5) is 28.5. The van der Waals surface area contributed by atoms with E-state index in [0.717, 1.165) is 30.3 Å². The van der Waals surface area contributed by atoms with Crippen LogP contribution in [0.5, 0.6) is 0 Å². The summed E-state index contributed by atoms with van der Waals surface area (Å²) in [6.07, 6.45) is 4.26. The number of nitrogens with zero attached hydrogens (tertiary/aromatic N) is 2. The van der Waals surface area contributed by atoms with Crippen LogP contribution in [0.4, 0.5) is 0 Å². The van der Waals surface area contributed by atoms with Gasteiger partial charge in [-0.2, -0.15) is 0 Å². The largest absolute Gasteiger partial charge is 0.369 e. The predicted octanol–water partition coefficient (Wildman–Crippen LogP) is 1.73. The van der Waals surface area contributed by atoms with Gasteiger partial charge < -0.3 is 16.2 Å². The Morgan fingerprint density at radius 1 is 1.27 bits per heavy atom. The molecule has 152 valence electrons. The third-order valence-corrected chi connectivity index (χ3v) is 5.57. The molecule has 1 fully saturated rings. The maximum atomic E-state index is 12.3. The van der Waals surface area contributed by atoms with Crippen molar-refractivity contribution in [2.75, 3.05) is 7.05 Å². The number of carbonyl (C=O) groups is 2. The van der Waals surface area contributed by atoms with E-state index in [1.807, 2.05) is 30.3 Å². The molecule has 2 heterocycles. The van der Waals surface area contributed by atoms with Crippen molar-refractivity contribution in [1.82, 2.24) is 14.7 Å². The zero-order valence-corrected chi connectivity index (χ0v) is 16.6. The van der Waals surface area contributed by atoms with E-state index in [0.29, 0.717) is 11.3 Å². The van der Waals surface area contributed by atoms with Crippen LogP contribution in [0.1, 0.15) is 35.4 Å². The van der Waals surface area contributed by atoms with Crippen molar-refractivity contribution in [2.45, 2.75) is 24.9 Å². The second kappa shape index (κ2) is 7.65. The number of benzene rings is 1. The molecule has 1 atom stereocenters. The number of nitrogens with two attached hydrogens (primary N) is 1. The van der Waals surface area contributed by atoms with Gasteiger partial charge in [0.25, 0.3) is 11.8 Å². The highest BCUT2D eigenvalue weighted by Gasteiger charge is 2.44. The average Bonchev–Trinajstić information content (AvgIpc) is 3.10. The summed E-state index contributed by atoms with van der Waals surface area (Å²) >= 11 is 0. The van der Waals surface area contributed by atoms with Crippen LogP contribution in [0.15, 0.2) is 48.7 Å². The third kappa shape index (κ3) is 3.31. The van der Waals surface area contributed by atoms with Gasteiger partial charge in [-0.15, -0.1) is 0 Å². The molecule has 0 radical (unpaired) electrons. The van der Waals surface area contributed by atoms with E-state index in [4.69, 9.17) is 5.73 Å². The van der Waals surface area contributed by atoms with E-state index in [9.17, 15) is 14.7 Å². The lowest BCUT2D eigenvalue weighted by atomic mass is 9.72. The molecular weight excluding hydrogens is 380 g/mol. The van der Waals surface area contributed by atoms with E-state index in [1.54, 1.807) is 22.7 Å². The van der Waals surface area contributed by atoms with Crippen LogP contribution in [0.3, 0.4) is 0 Å². The molecule has 1 aliphatic rings. The number of pyridine rings is 1. The van der Waals surface area contributed by atoms with Crippen LogP contribution >= 0.6 is 0 Å². The van der Waals surface area contributed by atoms with E-state index >= 15 is 0 Å². The Kier molecular flexibility index (Phi) is 5.02.